The number of rotatable bonds is 6. The molecule has 0 bridgehead atoms. The summed E-state index contributed by atoms with van der Waals surface area (Å²) >= 11 is 0. The van der Waals surface area contributed by atoms with Gasteiger partial charge in [0.15, 0.2) is 5.96 Å². The summed E-state index contributed by atoms with van der Waals surface area (Å²) in [7, 11) is 1.86. The number of pyridine rings is 1. The molecule has 4 rings (SSSR count). The molecule has 30 heavy (non-hydrogen) atoms. The van der Waals surface area contributed by atoms with E-state index >= 15 is 0 Å². The van der Waals surface area contributed by atoms with E-state index in [1.54, 1.807) is 0 Å². The Balaban J connectivity index is 0.00000256. The topological polar surface area (TPSA) is 63.4 Å². The van der Waals surface area contributed by atoms with Crippen molar-refractivity contribution < 1.29 is 9.47 Å². The summed E-state index contributed by atoms with van der Waals surface area (Å²) in [5.41, 5.74) is 3.34. The lowest BCUT2D eigenvalue weighted by molar-refractivity contribution is -0.0367. The average Bonchev–Trinajstić information content (AvgIpc) is 3.40. The zero-order chi connectivity index (χ0) is 20.1. The quantitative estimate of drug-likeness (QED) is 0.356. The number of hydrogen-bond donors (Lipinski definition) is 1. The highest BCUT2D eigenvalue weighted by Gasteiger charge is 2.24. The molecule has 0 amide bonds. The number of nitrogens with one attached hydrogen (secondary N) is 1. The first-order valence-corrected chi connectivity index (χ1v) is 10.8. The van der Waals surface area contributed by atoms with Crippen molar-refractivity contribution in [2.24, 2.45) is 4.99 Å². The third-order valence-corrected chi connectivity index (χ3v) is 5.89. The summed E-state index contributed by atoms with van der Waals surface area (Å²) in [6.45, 7) is 6.51. The lowest BCUT2D eigenvalue weighted by atomic mass is 10.1. The van der Waals surface area contributed by atoms with Gasteiger partial charge in [0, 0.05) is 52.1 Å². The van der Waals surface area contributed by atoms with Crippen LogP contribution in [0, 0.1) is 6.92 Å². The van der Waals surface area contributed by atoms with Crippen molar-refractivity contribution >= 4 is 35.6 Å². The van der Waals surface area contributed by atoms with Crippen LogP contribution in [-0.2, 0) is 15.9 Å². The fourth-order valence-corrected chi connectivity index (χ4v) is 4.21. The summed E-state index contributed by atoms with van der Waals surface area (Å²) in [6, 6.07) is 4.16. The van der Waals surface area contributed by atoms with Gasteiger partial charge in [0.2, 0.25) is 0 Å². The molecular weight excluding hydrogens is 493 g/mol. The van der Waals surface area contributed by atoms with Crippen LogP contribution < -0.4 is 5.32 Å². The summed E-state index contributed by atoms with van der Waals surface area (Å²) in [4.78, 5) is 11.6. The first-order valence-electron chi connectivity index (χ1n) is 10.8. The Kier molecular flexibility index (Phi) is 8.76. The van der Waals surface area contributed by atoms with Gasteiger partial charge in [0.25, 0.3) is 0 Å². The molecule has 8 heteroatoms. The van der Waals surface area contributed by atoms with Crippen LogP contribution in [0.1, 0.15) is 36.9 Å². The van der Waals surface area contributed by atoms with Crippen LogP contribution in [0.25, 0.3) is 5.65 Å². The zero-order valence-electron chi connectivity index (χ0n) is 18.0. The molecular formula is C22H34IN5O2. The van der Waals surface area contributed by atoms with E-state index in [2.05, 4.69) is 51.1 Å². The predicted octanol–water partition coefficient (Wildman–Crippen LogP) is 3.04. The van der Waals surface area contributed by atoms with Crippen LogP contribution in [0.4, 0.5) is 0 Å². The number of imidazole rings is 1. The first-order chi connectivity index (χ1) is 14.2. The Labute approximate surface area is 196 Å². The van der Waals surface area contributed by atoms with Gasteiger partial charge in [0.05, 0.1) is 24.5 Å². The van der Waals surface area contributed by atoms with E-state index in [1.165, 1.54) is 12.0 Å². The van der Waals surface area contributed by atoms with Gasteiger partial charge in [0.1, 0.15) is 5.65 Å². The van der Waals surface area contributed by atoms with Gasteiger partial charge in [-0.05, 0) is 44.2 Å². The number of ether oxygens (including phenoxy) is 2. The predicted molar refractivity (Wildman–Crippen MR) is 130 cm³/mol. The summed E-state index contributed by atoms with van der Waals surface area (Å²) in [5.74, 6) is 0.975. The summed E-state index contributed by atoms with van der Waals surface area (Å²) in [6.07, 6.45) is 10.1. The van der Waals surface area contributed by atoms with Crippen molar-refractivity contribution in [2.45, 2.75) is 51.2 Å². The number of nitrogens with zero attached hydrogens (tertiary/aromatic N) is 4. The van der Waals surface area contributed by atoms with Crippen molar-refractivity contribution in [3.63, 3.8) is 0 Å². The molecule has 0 spiro atoms. The highest BCUT2D eigenvalue weighted by atomic mass is 127. The minimum absolute atomic E-state index is 0. The Morgan fingerprint density at radius 1 is 1.33 bits per heavy atom. The molecule has 1 unspecified atom stereocenters. The SMILES string of the molecule is CN=C(NCCc1cn2cccc(C)c2n1)N1CCC(OCC2CCCO2)CC1.I. The number of aryl methyl sites for hydroxylation is 1. The molecule has 1 N–H and O–H groups in total. The van der Waals surface area contributed by atoms with E-state index < -0.39 is 0 Å². The molecule has 0 aromatic carbocycles. The molecule has 2 fully saturated rings. The van der Waals surface area contributed by atoms with Gasteiger partial charge < -0.3 is 24.1 Å². The summed E-state index contributed by atoms with van der Waals surface area (Å²) in [5, 5.41) is 3.50. The Morgan fingerprint density at radius 3 is 2.87 bits per heavy atom. The summed E-state index contributed by atoms with van der Waals surface area (Å²) < 4.78 is 13.8. The monoisotopic (exact) mass is 527 g/mol. The zero-order valence-corrected chi connectivity index (χ0v) is 20.4. The van der Waals surface area contributed by atoms with E-state index in [0.29, 0.717) is 12.2 Å². The van der Waals surface area contributed by atoms with Gasteiger partial charge >= 0.3 is 0 Å². The van der Waals surface area contributed by atoms with E-state index in [1.807, 2.05) is 7.05 Å². The standard InChI is InChI=1S/C22H33N5O2.HI/c1-17-5-3-11-27-15-18(25-21(17)27)7-10-24-22(23-2)26-12-8-19(9-13-26)29-16-20-6-4-14-28-20;/h3,5,11,15,19-20H,4,6-10,12-14,16H2,1-2H3,(H,23,24);1H. The third kappa shape index (κ3) is 5.85. The molecule has 166 valence electrons. The lowest BCUT2D eigenvalue weighted by Gasteiger charge is -2.34. The normalized spacial score (nSPS) is 20.5. The van der Waals surface area contributed by atoms with E-state index in [0.717, 1.165) is 75.8 Å². The highest BCUT2D eigenvalue weighted by molar-refractivity contribution is 14.0. The van der Waals surface area contributed by atoms with E-state index in [-0.39, 0.29) is 24.0 Å². The van der Waals surface area contributed by atoms with Crippen molar-refractivity contribution in [3.05, 3.63) is 35.8 Å². The second-order valence-corrected chi connectivity index (χ2v) is 8.03. The second kappa shape index (κ2) is 11.3. The number of guanidine groups is 1. The smallest absolute Gasteiger partial charge is 0.193 e. The first kappa shape index (κ1) is 23.3. The van der Waals surface area contributed by atoms with Crippen molar-refractivity contribution in [1.82, 2.24) is 19.6 Å². The number of aromatic nitrogens is 2. The molecule has 2 aromatic rings. The van der Waals surface area contributed by atoms with Gasteiger partial charge in [-0.3, -0.25) is 4.99 Å². The van der Waals surface area contributed by atoms with E-state index in [4.69, 9.17) is 14.5 Å². The van der Waals surface area contributed by atoms with Crippen LogP contribution in [0.5, 0.6) is 0 Å². The van der Waals surface area contributed by atoms with Crippen molar-refractivity contribution in [2.75, 3.05) is 39.9 Å². The van der Waals surface area contributed by atoms with Crippen LogP contribution in [0.15, 0.2) is 29.5 Å². The lowest BCUT2D eigenvalue weighted by Crippen LogP contribution is -2.47. The molecule has 2 aliphatic heterocycles. The number of likely N-dealkylation sites (tertiary alicyclic amines) is 1. The average molecular weight is 527 g/mol. The van der Waals surface area contributed by atoms with E-state index in [9.17, 15) is 0 Å². The van der Waals surface area contributed by atoms with Crippen LogP contribution in [0.3, 0.4) is 0 Å². The van der Waals surface area contributed by atoms with Crippen LogP contribution in [0.2, 0.25) is 0 Å². The van der Waals surface area contributed by atoms with Crippen LogP contribution >= 0.6 is 24.0 Å². The fourth-order valence-electron chi connectivity index (χ4n) is 4.21. The molecule has 4 heterocycles. The molecule has 2 saturated heterocycles. The minimum atomic E-state index is 0. The number of halogens is 1. The van der Waals surface area contributed by atoms with Gasteiger partial charge in [-0.15, -0.1) is 24.0 Å². The number of fused-ring (bicyclic) bond motifs is 1. The van der Waals surface area contributed by atoms with Crippen molar-refractivity contribution in [3.8, 4) is 0 Å². The molecule has 2 aliphatic rings. The maximum Gasteiger partial charge on any atom is 0.193 e. The minimum Gasteiger partial charge on any atom is -0.376 e. The molecule has 7 nitrogen and oxygen atoms in total. The largest absolute Gasteiger partial charge is 0.376 e. The highest BCUT2D eigenvalue weighted by Crippen LogP contribution is 2.18. The Hall–Kier alpha value is -1.39. The maximum absolute atomic E-state index is 6.08. The second-order valence-electron chi connectivity index (χ2n) is 8.03. The van der Waals surface area contributed by atoms with Gasteiger partial charge in [-0.2, -0.15) is 0 Å². The van der Waals surface area contributed by atoms with Crippen LogP contribution in [-0.4, -0.2) is 72.3 Å². The molecule has 1 atom stereocenters. The van der Waals surface area contributed by atoms with Gasteiger partial charge in [-0.25, -0.2) is 4.98 Å². The third-order valence-electron chi connectivity index (χ3n) is 5.89. The molecule has 2 aromatic heterocycles. The number of aliphatic imine (C=N–C) groups is 1. The Bertz CT molecular complexity index is 826. The molecule has 0 saturated carbocycles. The fraction of sp³-hybridized carbons (Fsp3) is 0.636. The van der Waals surface area contributed by atoms with Gasteiger partial charge in [-0.1, -0.05) is 6.07 Å². The number of hydrogen-bond acceptors (Lipinski definition) is 4. The Morgan fingerprint density at radius 2 is 2.17 bits per heavy atom. The molecule has 0 radical (unpaired) electrons. The maximum atomic E-state index is 6.08. The van der Waals surface area contributed by atoms with Crippen molar-refractivity contribution in [1.29, 1.82) is 0 Å². The number of piperidine rings is 1. The molecule has 0 aliphatic carbocycles.